The molecule has 1 aromatic heterocycles. The number of anilines is 2. The zero-order valence-electron chi connectivity index (χ0n) is 22.8. The van der Waals surface area contributed by atoms with Crippen LogP contribution < -0.4 is 15.4 Å². The van der Waals surface area contributed by atoms with Crippen molar-refractivity contribution in [2.45, 2.75) is 20.0 Å². The number of aromatic nitrogens is 1. The normalized spacial score (nSPS) is 11.8. The minimum atomic E-state index is -1.10. The Hall–Kier alpha value is -4.64. The Morgan fingerprint density at radius 2 is 1.44 bits per heavy atom. The van der Waals surface area contributed by atoms with Gasteiger partial charge in [0.05, 0.1) is 22.1 Å². The van der Waals surface area contributed by atoms with Gasteiger partial charge in [0, 0.05) is 35.4 Å². The van der Waals surface area contributed by atoms with Crippen LogP contribution in [0.15, 0.2) is 95.2 Å². The quantitative estimate of drug-likeness (QED) is 0.124. The van der Waals surface area contributed by atoms with E-state index in [1.165, 1.54) is 26.0 Å². The summed E-state index contributed by atoms with van der Waals surface area (Å²) in [6.45, 7) is 2.66. The van der Waals surface area contributed by atoms with Crippen LogP contribution in [0.3, 0.4) is 0 Å². The van der Waals surface area contributed by atoms with Crippen molar-refractivity contribution in [3.05, 3.63) is 106 Å². The van der Waals surface area contributed by atoms with Gasteiger partial charge < -0.3 is 15.4 Å². The third-order valence-corrected chi connectivity index (χ3v) is 7.32. The summed E-state index contributed by atoms with van der Waals surface area (Å²) < 4.78 is 10.7. The number of carbonyl (C=O) groups is 3. The van der Waals surface area contributed by atoms with E-state index in [0.29, 0.717) is 37.1 Å². The number of fused-ring (bicyclic) bond motifs is 1. The van der Waals surface area contributed by atoms with Gasteiger partial charge >= 0.3 is 0 Å². The minimum Gasteiger partial charge on any atom is -0.473 e. The molecule has 2 amide bonds. The number of azo groups is 1. The second-order valence-corrected chi connectivity index (χ2v) is 10.9. The summed E-state index contributed by atoms with van der Waals surface area (Å²) in [6.07, 6.45) is -1.10. The molecule has 1 heterocycles. The molecule has 5 rings (SSSR count). The van der Waals surface area contributed by atoms with E-state index in [1.807, 2.05) is 12.1 Å². The molecule has 0 bridgehead atoms. The molecule has 9 nitrogen and oxygen atoms in total. The number of halogens is 2. The van der Waals surface area contributed by atoms with Gasteiger partial charge in [0.15, 0.2) is 16.9 Å². The topological polar surface area (TPSA) is 122 Å². The van der Waals surface area contributed by atoms with Crippen LogP contribution in [-0.2, 0) is 9.59 Å². The van der Waals surface area contributed by atoms with E-state index >= 15 is 0 Å². The van der Waals surface area contributed by atoms with Crippen molar-refractivity contribution in [1.82, 2.24) is 4.37 Å². The van der Waals surface area contributed by atoms with Gasteiger partial charge in [-0.2, -0.15) is 4.37 Å². The first kappa shape index (κ1) is 29.8. The zero-order chi connectivity index (χ0) is 30.5. The number of hydrogen-bond donors (Lipinski definition) is 2. The molecule has 12 heteroatoms. The summed E-state index contributed by atoms with van der Waals surface area (Å²) in [6, 6.07) is 24.0. The Balaban J connectivity index is 1.60. The first-order chi connectivity index (χ1) is 20.7. The highest BCUT2D eigenvalue weighted by atomic mass is 35.5. The van der Waals surface area contributed by atoms with Crippen LogP contribution in [0.4, 0.5) is 22.1 Å². The van der Waals surface area contributed by atoms with E-state index in [2.05, 4.69) is 25.2 Å². The lowest BCUT2D eigenvalue weighted by atomic mass is 9.99. The molecular weight excluding hydrogens is 609 g/mol. The largest absolute Gasteiger partial charge is 0.473 e. The summed E-state index contributed by atoms with van der Waals surface area (Å²) in [5.41, 5.74) is 2.18. The summed E-state index contributed by atoms with van der Waals surface area (Å²) in [4.78, 5) is 38.3. The van der Waals surface area contributed by atoms with Crippen LogP contribution in [0.1, 0.15) is 35.9 Å². The third-order valence-electron chi connectivity index (χ3n) is 6.07. The fourth-order valence-electron chi connectivity index (χ4n) is 4.27. The van der Waals surface area contributed by atoms with Gasteiger partial charge in [-0.3, -0.25) is 14.4 Å². The maximum absolute atomic E-state index is 13.7. The molecule has 43 heavy (non-hydrogen) atoms. The smallest absolute Gasteiger partial charge is 0.221 e. The second kappa shape index (κ2) is 13.1. The van der Waals surface area contributed by atoms with Crippen molar-refractivity contribution in [3.63, 3.8) is 0 Å². The Kier molecular flexibility index (Phi) is 9.10. The number of hydrogen-bond acceptors (Lipinski definition) is 8. The van der Waals surface area contributed by atoms with Crippen LogP contribution >= 0.6 is 34.7 Å². The zero-order valence-corrected chi connectivity index (χ0v) is 25.1. The molecule has 0 aliphatic rings. The summed E-state index contributed by atoms with van der Waals surface area (Å²) in [5.74, 6) is -1.05. The molecule has 1 atom stereocenters. The maximum atomic E-state index is 13.7. The number of benzene rings is 4. The Labute approximate surface area is 260 Å². The fourth-order valence-corrected chi connectivity index (χ4v) is 5.56. The van der Waals surface area contributed by atoms with Crippen LogP contribution in [0.25, 0.3) is 10.9 Å². The number of amides is 2. The summed E-state index contributed by atoms with van der Waals surface area (Å²) >= 11 is 13.5. The number of rotatable bonds is 9. The highest BCUT2D eigenvalue weighted by Crippen LogP contribution is 2.43. The molecule has 0 fully saturated rings. The van der Waals surface area contributed by atoms with Gasteiger partial charge in [-0.1, -0.05) is 83.9 Å². The molecule has 5 aromatic rings. The van der Waals surface area contributed by atoms with Crippen LogP contribution in [0.2, 0.25) is 10.0 Å². The number of ether oxygens (including phenoxy) is 1. The minimum absolute atomic E-state index is 0.0734. The van der Waals surface area contributed by atoms with E-state index in [1.54, 1.807) is 60.7 Å². The van der Waals surface area contributed by atoms with Crippen molar-refractivity contribution in [1.29, 1.82) is 0 Å². The SMILES string of the molecule is CC(=O)Nc1cc(N=Nc2snc3c(Cl)cc(Cl)cc23)cc(NC(C)=O)c1OC(C(=O)c1ccccc1)c1ccccc1. The van der Waals surface area contributed by atoms with Gasteiger partial charge in [-0.05, 0) is 35.8 Å². The predicted molar refractivity (Wildman–Crippen MR) is 169 cm³/mol. The molecule has 0 radical (unpaired) electrons. The molecule has 0 aliphatic carbocycles. The monoisotopic (exact) mass is 631 g/mol. The molecule has 0 saturated heterocycles. The lowest BCUT2D eigenvalue weighted by Crippen LogP contribution is -2.21. The van der Waals surface area contributed by atoms with Crippen molar-refractivity contribution in [3.8, 4) is 5.75 Å². The van der Waals surface area contributed by atoms with Crippen LogP contribution in [-0.4, -0.2) is 22.0 Å². The number of ketones is 1. The molecule has 0 saturated carbocycles. The summed E-state index contributed by atoms with van der Waals surface area (Å²) in [7, 11) is 0. The standard InChI is InChI=1S/C31H23Cl2N5O4S/c1-17(39)34-25-15-22(36-37-31-23-13-21(32)14-24(33)27(23)38-43-31)16-26(35-18(2)40)30(25)42-29(20-11-7-4-8-12-20)28(41)19-9-5-3-6-10-19/h3-16,29H,1-2H3,(H,34,39)(H,35,40). The Morgan fingerprint density at radius 1 is 0.837 bits per heavy atom. The molecule has 216 valence electrons. The lowest BCUT2D eigenvalue weighted by Gasteiger charge is -2.23. The number of Topliss-reactive ketones (excluding diaryl/α,β-unsaturated/α-hetero) is 1. The van der Waals surface area contributed by atoms with Gasteiger partial charge in [-0.25, -0.2) is 0 Å². The van der Waals surface area contributed by atoms with Crippen LogP contribution in [0, 0.1) is 0 Å². The Bertz CT molecular complexity index is 1830. The fraction of sp³-hybridized carbons (Fsp3) is 0.0968. The average molecular weight is 633 g/mol. The van der Waals surface area contributed by atoms with Gasteiger partial charge in [0.25, 0.3) is 0 Å². The van der Waals surface area contributed by atoms with Gasteiger partial charge in [0.1, 0.15) is 5.52 Å². The van der Waals surface area contributed by atoms with E-state index in [4.69, 9.17) is 27.9 Å². The molecule has 1 unspecified atom stereocenters. The molecule has 4 aromatic carbocycles. The number of nitrogens with zero attached hydrogens (tertiary/aromatic N) is 3. The van der Waals surface area contributed by atoms with E-state index in [-0.39, 0.29) is 28.6 Å². The first-order valence-corrected chi connectivity index (χ1v) is 14.4. The Morgan fingerprint density at radius 3 is 2.05 bits per heavy atom. The average Bonchev–Trinajstić information content (AvgIpc) is 3.39. The summed E-state index contributed by atoms with van der Waals surface area (Å²) in [5, 5.41) is 16.0. The number of carbonyl (C=O) groups excluding carboxylic acids is 3. The van der Waals surface area contributed by atoms with Gasteiger partial charge in [-0.15, -0.1) is 10.2 Å². The predicted octanol–water partition coefficient (Wildman–Crippen LogP) is 8.94. The highest BCUT2D eigenvalue weighted by Gasteiger charge is 2.27. The molecule has 2 N–H and O–H groups in total. The van der Waals surface area contributed by atoms with E-state index in [9.17, 15) is 14.4 Å². The maximum Gasteiger partial charge on any atom is 0.221 e. The lowest BCUT2D eigenvalue weighted by molar-refractivity contribution is -0.115. The van der Waals surface area contributed by atoms with Crippen molar-refractivity contribution in [2.75, 3.05) is 10.6 Å². The number of nitrogens with one attached hydrogen (secondary N) is 2. The molecular formula is C31H23Cl2N5O4S. The van der Waals surface area contributed by atoms with Crippen LogP contribution in [0.5, 0.6) is 5.75 Å². The third kappa shape index (κ3) is 7.06. The van der Waals surface area contributed by atoms with Crippen molar-refractivity contribution >= 4 is 85.3 Å². The van der Waals surface area contributed by atoms with Gasteiger partial charge in [0.2, 0.25) is 17.6 Å². The van der Waals surface area contributed by atoms with Crippen molar-refractivity contribution in [2.24, 2.45) is 10.2 Å². The highest BCUT2D eigenvalue weighted by molar-refractivity contribution is 7.11. The molecule has 0 spiro atoms. The van der Waals surface area contributed by atoms with E-state index in [0.717, 1.165) is 11.5 Å². The first-order valence-electron chi connectivity index (χ1n) is 12.9. The second-order valence-electron chi connectivity index (χ2n) is 9.34. The van der Waals surface area contributed by atoms with Crippen molar-refractivity contribution < 1.29 is 19.1 Å². The molecule has 0 aliphatic heterocycles. The van der Waals surface area contributed by atoms with E-state index < -0.39 is 17.9 Å².